The molecule has 4 nitrogen and oxygen atoms in total. The summed E-state index contributed by atoms with van der Waals surface area (Å²) >= 11 is 0. The summed E-state index contributed by atoms with van der Waals surface area (Å²) < 4.78 is 4.88. The molecule has 330 valence electrons. The van der Waals surface area contributed by atoms with Gasteiger partial charge in [0.05, 0.1) is 22.1 Å². The SMILES string of the molecule is c1ccc(-c2ccc(N(c3ccccc3)c3ccc4c5ccccc5n(-c5cccc(-n6c7ccccc7c7ccc(N(c8ccccc8)c8ccc(-c9ccccc9)cc8)cc76)c5)c4c3)cc2)cc1. The number of nitrogens with zero attached hydrogens (tertiary/aromatic N) is 4. The molecule has 0 spiro atoms. The minimum Gasteiger partial charge on any atom is -0.310 e. The number of benzene rings is 11. The molecule has 0 bridgehead atoms. The second-order valence-corrected chi connectivity index (χ2v) is 17.8. The van der Waals surface area contributed by atoms with Crippen molar-refractivity contribution in [2.24, 2.45) is 0 Å². The predicted molar refractivity (Wildman–Crippen MR) is 295 cm³/mol. The van der Waals surface area contributed by atoms with Gasteiger partial charge in [-0.15, -0.1) is 0 Å². The van der Waals surface area contributed by atoms with Crippen LogP contribution in [-0.4, -0.2) is 9.13 Å². The van der Waals surface area contributed by atoms with Crippen molar-refractivity contribution in [1.29, 1.82) is 0 Å². The maximum Gasteiger partial charge on any atom is 0.0561 e. The lowest BCUT2D eigenvalue weighted by molar-refractivity contribution is 1.13. The average molecular weight is 895 g/mol. The molecule has 0 radical (unpaired) electrons. The highest BCUT2D eigenvalue weighted by atomic mass is 15.2. The van der Waals surface area contributed by atoms with E-state index in [0.29, 0.717) is 0 Å². The standard InChI is InChI=1S/C66H46N4/c1-5-18-47(19-6-1)49-32-36-53(37-33-49)67(51-22-9-3-10-23-51)57-40-42-61-59-28-13-15-30-63(59)69(65(61)45-57)55-26-17-27-56(44-55)70-64-31-16-14-29-60(64)62-43-41-58(46-66(62)70)68(52-24-11-4-12-25-52)54-38-34-50(35-39-54)48-20-7-2-8-21-48/h1-46H. The highest BCUT2D eigenvalue weighted by Gasteiger charge is 2.21. The second kappa shape index (κ2) is 17.4. The van der Waals surface area contributed by atoms with Crippen LogP contribution in [0.4, 0.5) is 34.1 Å². The minimum atomic E-state index is 1.08. The van der Waals surface area contributed by atoms with Gasteiger partial charge in [-0.1, -0.05) is 176 Å². The van der Waals surface area contributed by atoms with Crippen LogP contribution in [0.1, 0.15) is 0 Å². The van der Waals surface area contributed by atoms with Crippen molar-refractivity contribution >= 4 is 77.7 Å². The molecule has 4 heteroatoms. The normalized spacial score (nSPS) is 11.4. The van der Waals surface area contributed by atoms with Gasteiger partial charge in [0.25, 0.3) is 0 Å². The van der Waals surface area contributed by atoms with Crippen LogP contribution in [-0.2, 0) is 0 Å². The van der Waals surface area contributed by atoms with Crippen molar-refractivity contribution in [3.63, 3.8) is 0 Å². The highest BCUT2D eigenvalue weighted by Crippen LogP contribution is 2.43. The van der Waals surface area contributed by atoms with Crippen LogP contribution in [0, 0.1) is 0 Å². The van der Waals surface area contributed by atoms with Crippen molar-refractivity contribution in [3.05, 3.63) is 279 Å². The Labute approximate surface area is 407 Å². The summed E-state index contributed by atoms with van der Waals surface area (Å²) in [5.74, 6) is 0. The van der Waals surface area contributed by atoms with Gasteiger partial charge in [0.15, 0.2) is 0 Å². The molecule has 2 heterocycles. The number of hydrogen-bond acceptors (Lipinski definition) is 2. The molecule has 70 heavy (non-hydrogen) atoms. The van der Waals surface area contributed by atoms with E-state index in [2.05, 4.69) is 298 Å². The molecular formula is C66H46N4. The molecule has 0 atom stereocenters. The Morgan fingerprint density at radius 1 is 0.200 bits per heavy atom. The number of para-hydroxylation sites is 4. The molecule has 0 unspecified atom stereocenters. The van der Waals surface area contributed by atoms with E-state index in [4.69, 9.17) is 0 Å². The third kappa shape index (κ3) is 7.18. The quantitative estimate of drug-likeness (QED) is 0.136. The lowest BCUT2D eigenvalue weighted by Gasteiger charge is -2.26. The van der Waals surface area contributed by atoms with Gasteiger partial charge < -0.3 is 18.9 Å². The monoisotopic (exact) mass is 894 g/mol. The summed E-state index contributed by atoms with van der Waals surface area (Å²) in [5.41, 5.74) is 18.1. The number of aromatic nitrogens is 2. The van der Waals surface area contributed by atoms with Gasteiger partial charge in [0, 0.05) is 67.0 Å². The van der Waals surface area contributed by atoms with E-state index >= 15 is 0 Å². The molecule has 0 aliphatic rings. The Hall–Kier alpha value is -9.38. The molecule has 0 N–H and O–H groups in total. The summed E-state index contributed by atoms with van der Waals surface area (Å²) in [7, 11) is 0. The fourth-order valence-corrected chi connectivity index (χ4v) is 10.4. The van der Waals surface area contributed by atoms with Gasteiger partial charge in [-0.2, -0.15) is 0 Å². The number of rotatable bonds is 10. The molecule has 11 aromatic carbocycles. The summed E-state index contributed by atoms with van der Waals surface area (Å²) in [6.07, 6.45) is 0. The molecule has 0 aliphatic heterocycles. The van der Waals surface area contributed by atoms with Crippen molar-refractivity contribution in [1.82, 2.24) is 9.13 Å². The Balaban J connectivity index is 0.959. The summed E-state index contributed by atoms with van der Waals surface area (Å²) in [6, 6.07) is 101. The zero-order valence-electron chi connectivity index (χ0n) is 38.3. The molecule has 0 aliphatic carbocycles. The first-order chi connectivity index (χ1) is 34.7. The zero-order chi connectivity index (χ0) is 46.4. The van der Waals surface area contributed by atoms with Crippen LogP contribution in [0.5, 0.6) is 0 Å². The van der Waals surface area contributed by atoms with Gasteiger partial charge in [-0.05, 0) is 125 Å². The Bertz CT molecular complexity index is 3710. The van der Waals surface area contributed by atoms with Gasteiger partial charge >= 0.3 is 0 Å². The van der Waals surface area contributed by atoms with Crippen molar-refractivity contribution in [2.75, 3.05) is 9.80 Å². The van der Waals surface area contributed by atoms with Crippen LogP contribution in [0.15, 0.2) is 279 Å². The van der Waals surface area contributed by atoms with Gasteiger partial charge in [0.2, 0.25) is 0 Å². The third-order valence-electron chi connectivity index (χ3n) is 13.7. The Morgan fingerprint density at radius 2 is 0.514 bits per heavy atom. The smallest absolute Gasteiger partial charge is 0.0561 e. The zero-order valence-corrected chi connectivity index (χ0v) is 38.3. The molecule has 2 aromatic heterocycles. The Morgan fingerprint density at radius 3 is 0.929 bits per heavy atom. The molecular weight excluding hydrogens is 849 g/mol. The summed E-state index contributed by atoms with van der Waals surface area (Å²) in [6.45, 7) is 0. The fraction of sp³-hybridized carbons (Fsp3) is 0. The third-order valence-corrected chi connectivity index (χ3v) is 13.7. The lowest BCUT2D eigenvalue weighted by atomic mass is 10.0. The van der Waals surface area contributed by atoms with Crippen LogP contribution in [0.25, 0.3) is 77.2 Å². The summed E-state index contributed by atoms with van der Waals surface area (Å²) in [4.78, 5) is 4.72. The van der Waals surface area contributed by atoms with E-state index in [9.17, 15) is 0 Å². The van der Waals surface area contributed by atoms with E-state index in [1.165, 1.54) is 43.8 Å². The van der Waals surface area contributed by atoms with E-state index in [1.54, 1.807) is 0 Å². The number of hydrogen-bond donors (Lipinski definition) is 0. The largest absolute Gasteiger partial charge is 0.310 e. The van der Waals surface area contributed by atoms with Crippen molar-refractivity contribution in [3.8, 4) is 33.6 Å². The maximum absolute atomic E-state index is 2.44. The van der Waals surface area contributed by atoms with Crippen LogP contribution < -0.4 is 9.80 Å². The van der Waals surface area contributed by atoms with E-state index < -0.39 is 0 Å². The van der Waals surface area contributed by atoms with Gasteiger partial charge in [0.1, 0.15) is 0 Å². The number of fused-ring (bicyclic) bond motifs is 6. The van der Waals surface area contributed by atoms with E-state index in [-0.39, 0.29) is 0 Å². The van der Waals surface area contributed by atoms with E-state index in [0.717, 1.165) is 67.6 Å². The molecule has 13 aromatic rings. The average Bonchev–Trinajstić information content (AvgIpc) is 3.95. The first-order valence-corrected chi connectivity index (χ1v) is 23.9. The van der Waals surface area contributed by atoms with Gasteiger partial charge in [-0.25, -0.2) is 0 Å². The van der Waals surface area contributed by atoms with Crippen LogP contribution in [0.2, 0.25) is 0 Å². The fourth-order valence-electron chi connectivity index (χ4n) is 10.4. The predicted octanol–water partition coefficient (Wildman–Crippen LogP) is 18.2. The molecule has 13 rings (SSSR count). The topological polar surface area (TPSA) is 16.3 Å². The molecule has 0 saturated heterocycles. The minimum absolute atomic E-state index is 1.08. The molecule has 0 saturated carbocycles. The van der Waals surface area contributed by atoms with Crippen molar-refractivity contribution < 1.29 is 0 Å². The first kappa shape index (κ1) is 40.9. The van der Waals surface area contributed by atoms with Crippen LogP contribution >= 0.6 is 0 Å². The number of anilines is 6. The van der Waals surface area contributed by atoms with Crippen LogP contribution in [0.3, 0.4) is 0 Å². The molecule has 0 fully saturated rings. The van der Waals surface area contributed by atoms with E-state index in [1.807, 2.05) is 0 Å². The van der Waals surface area contributed by atoms with Gasteiger partial charge in [-0.3, -0.25) is 0 Å². The lowest BCUT2D eigenvalue weighted by Crippen LogP contribution is -2.10. The maximum atomic E-state index is 2.44. The summed E-state index contributed by atoms with van der Waals surface area (Å²) in [5, 5.41) is 4.84. The molecule has 0 amide bonds. The second-order valence-electron chi connectivity index (χ2n) is 17.8. The van der Waals surface area contributed by atoms with Crippen molar-refractivity contribution in [2.45, 2.75) is 0 Å². The first-order valence-electron chi connectivity index (χ1n) is 23.9. The highest BCUT2D eigenvalue weighted by molar-refractivity contribution is 6.12. The Kier molecular flexibility index (Phi) is 10.1.